The molecule has 0 saturated heterocycles. The lowest BCUT2D eigenvalue weighted by Gasteiger charge is -2.08. The summed E-state index contributed by atoms with van der Waals surface area (Å²) in [6.45, 7) is 0.556. The average Bonchev–Trinajstić information content (AvgIpc) is 3.48. The van der Waals surface area contributed by atoms with Gasteiger partial charge >= 0.3 is 0 Å². The topological polar surface area (TPSA) is 78.4 Å². The van der Waals surface area contributed by atoms with Crippen LogP contribution in [0.1, 0.15) is 34.3 Å². The Morgan fingerprint density at radius 3 is 2.44 bits per heavy atom. The number of hydrogen-bond donors (Lipinski definition) is 3. The number of benzene rings is 2. The van der Waals surface area contributed by atoms with Crippen molar-refractivity contribution in [3.63, 3.8) is 0 Å². The Kier molecular flexibility index (Phi) is 5.46. The second-order valence-corrected chi connectivity index (χ2v) is 6.32. The van der Waals surface area contributed by atoms with Gasteiger partial charge in [-0.1, -0.05) is 30.3 Å². The summed E-state index contributed by atoms with van der Waals surface area (Å²) in [5, 5.41) is 14.8. The Hall–Kier alpha value is -2.66. The minimum absolute atomic E-state index is 0.0314. The van der Waals surface area contributed by atoms with E-state index in [1.165, 1.54) is 0 Å². The van der Waals surface area contributed by atoms with Crippen LogP contribution in [0, 0.1) is 5.92 Å². The smallest absolute Gasteiger partial charge is 0.251 e. The fourth-order valence-electron chi connectivity index (χ4n) is 2.56. The van der Waals surface area contributed by atoms with E-state index in [0.717, 1.165) is 30.4 Å². The highest BCUT2D eigenvalue weighted by Crippen LogP contribution is 2.30. The molecule has 2 aromatic carbocycles. The van der Waals surface area contributed by atoms with Crippen LogP contribution in [0.5, 0.6) is 0 Å². The molecular weight excluding hydrogens is 316 g/mol. The summed E-state index contributed by atoms with van der Waals surface area (Å²) in [5.41, 5.74) is 3.16. The summed E-state index contributed by atoms with van der Waals surface area (Å²) in [7, 11) is 0. The van der Waals surface area contributed by atoms with Gasteiger partial charge < -0.3 is 15.7 Å². The molecule has 3 rings (SSSR count). The number of carbonyl (C=O) groups is 2. The van der Waals surface area contributed by atoms with E-state index in [1.54, 1.807) is 24.3 Å². The van der Waals surface area contributed by atoms with Crippen LogP contribution in [0.3, 0.4) is 0 Å². The Morgan fingerprint density at radius 1 is 1.04 bits per heavy atom. The molecule has 1 aliphatic carbocycles. The highest BCUT2D eigenvalue weighted by molar-refractivity contribution is 5.98. The van der Waals surface area contributed by atoms with Crippen molar-refractivity contribution in [2.24, 2.45) is 5.92 Å². The van der Waals surface area contributed by atoms with Crippen molar-refractivity contribution in [3.8, 4) is 0 Å². The van der Waals surface area contributed by atoms with Crippen LogP contribution in [0.4, 0.5) is 5.69 Å². The van der Waals surface area contributed by atoms with Gasteiger partial charge in [-0.05, 0) is 48.6 Å². The summed E-state index contributed by atoms with van der Waals surface area (Å²) in [6.07, 6.45) is 2.62. The van der Waals surface area contributed by atoms with Gasteiger partial charge in [0.1, 0.15) is 0 Å². The molecule has 0 aromatic heterocycles. The zero-order valence-electron chi connectivity index (χ0n) is 14.0. The highest BCUT2D eigenvalue weighted by Gasteiger charge is 2.29. The summed E-state index contributed by atoms with van der Waals surface area (Å²) in [6, 6.07) is 14.7. The summed E-state index contributed by atoms with van der Waals surface area (Å²) in [5.74, 6) is 0.00749. The molecule has 0 heterocycles. The van der Waals surface area contributed by atoms with Gasteiger partial charge in [0.05, 0.1) is 6.61 Å². The molecule has 1 saturated carbocycles. The molecule has 0 bridgehead atoms. The Labute approximate surface area is 147 Å². The molecule has 1 fully saturated rings. The normalized spacial score (nSPS) is 13.3. The van der Waals surface area contributed by atoms with Gasteiger partial charge in [-0.25, -0.2) is 0 Å². The maximum atomic E-state index is 12.3. The summed E-state index contributed by atoms with van der Waals surface area (Å²) >= 11 is 0. The molecule has 0 spiro atoms. The van der Waals surface area contributed by atoms with Crippen molar-refractivity contribution in [2.75, 3.05) is 11.9 Å². The average molecular weight is 338 g/mol. The zero-order valence-corrected chi connectivity index (χ0v) is 14.0. The van der Waals surface area contributed by atoms with Crippen LogP contribution in [0.2, 0.25) is 0 Å². The number of anilines is 1. The quantitative estimate of drug-likeness (QED) is 0.726. The third kappa shape index (κ3) is 4.90. The van der Waals surface area contributed by atoms with Crippen molar-refractivity contribution < 1.29 is 14.7 Å². The van der Waals surface area contributed by atoms with E-state index >= 15 is 0 Å². The van der Waals surface area contributed by atoms with Gasteiger partial charge in [-0.15, -0.1) is 0 Å². The zero-order chi connectivity index (χ0) is 17.6. The molecule has 0 aliphatic heterocycles. The van der Waals surface area contributed by atoms with Crippen molar-refractivity contribution >= 4 is 17.5 Å². The number of rotatable bonds is 7. The second kappa shape index (κ2) is 7.94. The molecule has 5 nitrogen and oxygen atoms in total. The first-order valence-corrected chi connectivity index (χ1v) is 8.53. The van der Waals surface area contributed by atoms with Gasteiger partial charge in [0.25, 0.3) is 5.91 Å². The third-order valence-corrected chi connectivity index (χ3v) is 4.25. The maximum absolute atomic E-state index is 12.3. The van der Waals surface area contributed by atoms with E-state index < -0.39 is 0 Å². The molecule has 1 aliphatic rings. The Bertz CT molecular complexity index is 752. The molecule has 2 aromatic rings. The van der Waals surface area contributed by atoms with E-state index in [0.29, 0.717) is 17.8 Å². The number of hydrogen-bond acceptors (Lipinski definition) is 3. The van der Waals surface area contributed by atoms with E-state index in [-0.39, 0.29) is 24.3 Å². The van der Waals surface area contributed by atoms with Crippen molar-refractivity contribution in [1.82, 2.24) is 5.32 Å². The van der Waals surface area contributed by atoms with E-state index in [9.17, 15) is 9.59 Å². The van der Waals surface area contributed by atoms with Gasteiger partial charge in [-0.3, -0.25) is 9.59 Å². The maximum Gasteiger partial charge on any atom is 0.251 e. The lowest BCUT2D eigenvalue weighted by Crippen LogP contribution is -2.25. The predicted octanol–water partition coefficient (Wildman–Crippen LogP) is 2.50. The molecule has 2 amide bonds. The number of amides is 2. The van der Waals surface area contributed by atoms with Crippen LogP contribution in [-0.2, 0) is 17.8 Å². The molecular formula is C20H22N2O3. The Morgan fingerprint density at radius 2 is 1.76 bits per heavy atom. The van der Waals surface area contributed by atoms with Crippen LogP contribution in [0.15, 0.2) is 48.5 Å². The lowest BCUT2D eigenvalue weighted by molar-refractivity contribution is -0.117. The van der Waals surface area contributed by atoms with Crippen LogP contribution in [0.25, 0.3) is 0 Å². The van der Waals surface area contributed by atoms with Crippen molar-refractivity contribution in [1.29, 1.82) is 0 Å². The Balaban J connectivity index is 1.51. The molecule has 25 heavy (non-hydrogen) atoms. The van der Waals surface area contributed by atoms with Gasteiger partial charge in [0, 0.05) is 23.7 Å². The fourth-order valence-corrected chi connectivity index (χ4v) is 2.56. The monoisotopic (exact) mass is 338 g/mol. The number of aliphatic hydroxyl groups is 1. The van der Waals surface area contributed by atoms with E-state index in [4.69, 9.17) is 5.11 Å². The molecule has 0 radical (unpaired) electrons. The second-order valence-electron chi connectivity index (χ2n) is 6.32. The lowest BCUT2D eigenvalue weighted by atomic mass is 10.1. The minimum atomic E-state index is -0.158. The fraction of sp³-hybridized carbons (Fsp3) is 0.300. The van der Waals surface area contributed by atoms with E-state index in [1.807, 2.05) is 24.3 Å². The first-order chi connectivity index (χ1) is 12.2. The largest absolute Gasteiger partial charge is 0.392 e. The van der Waals surface area contributed by atoms with Crippen LogP contribution < -0.4 is 10.6 Å². The molecule has 3 N–H and O–H groups in total. The molecule has 0 atom stereocenters. The SMILES string of the molecule is O=C(NCCc1ccc(CO)cc1)c1cccc(NC(=O)C2CC2)c1. The predicted molar refractivity (Wildman–Crippen MR) is 96.2 cm³/mol. The van der Waals surface area contributed by atoms with Gasteiger partial charge in [-0.2, -0.15) is 0 Å². The number of aliphatic hydroxyl groups excluding tert-OH is 1. The number of nitrogens with one attached hydrogen (secondary N) is 2. The van der Waals surface area contributed by atoms with Gasteiger partial charge in [0.15, 0.2) is 0 Å². The van der Waals surface area contributed by atoms with Crippen LogP contribution in [-0.4, -0.2) is 23.5 Å². The minimum Gasteiger partial charge on any atom is -0.392 e. The summed E-state index contributed by atoms with van der Waals surface area (Å²) < 4.78 is 0. The van der Waals surface area contributed by atoms with Crippen molar-refractivity contribution in [2.45, 2.75) is 25.9 Å². The molecule has 130 valence electrons. The van der Waals surface area contributed by atoms with Gasteiger partial charge in [0.2, 0.25) is 5.91 Å². The number of carbonyl (C=O) groups excluding carboxylic acids is 2. The molecule has 0 unspecified atom stereocenters. The molecule has 5 heteroatoms. The first kappa shape index (κ1) is 17.2. The third-order valence-electron chi connectivity index (χ3n) is 4.25. The van der Waals surface area contributed by atoms with Crippen LogP contribution >= 0.6 is 0 Å². The first-order valence-electron chi connectivity index (χ1n) is 8.53. The standard InChI is InChI=1S/C20H22N2O3/c23-13-15-6-4-14(5-7-15)10-11-21-19(24)17-2-1-3-18(12-17)22-20(25)16-8-9-16/h1-7,12,16,23H,8-11,13H2,(H,21,24)(H,22,25). The summed E-state index contributed by atoms with van der Waals surface area (Å²) in [4.78, 5) is 24.1. The van der Waals surface area contributed by atoms with Crippen molar-refractivity contribution in [3.05, 3.63) is 65.2 Å². The highest BCUT2D eigenvalue weighted by atomic mass is 16.3. The van der Waals surface area contributed by atoms with E-state index in [2.05, 4.69) is 10.6 Å².